The second kappa shape index (κ2) is 7.90. The van der Waals surface area contributed by atoms with E-state index in [-0.39, 0.29) is 12.6 Å². The highest BCUT2D eigenvalue weighted by Gasteiger charge is 2.22. The molecule has 3 rings (SSSR count). The highest BCUT2D eigenvalue weighted by Crippen LogP contribution is 2.22. The first-order valence-electron chi connectivity index (χ1n) is 7.75. The van der Waals surface area contributed by atoms with Gasteiger partial charge in [0.05, 0.1) is 6.04 Å². The fourth-order valence-corrected chi connectivity index (χ4v) is 2.83. The number of carbonyl (C=O) groups excluding carboxylic acids is 1. The quantitative estimate of drug-likeness (QED) is 0.505. The summed E-state index contributed by atoms with van der Waals surface area (Å²) in [6.45, 7) is 0.201. The van der Waals surface area contributed by atoms with Gasteiger partial charge in [0.1, 0.15) is 11.6 Å². The third kappa shape index (κ3) is 4.31. The van der Waals surface area contributed by atoms with Crippen LogP contribution in [0.4, 0.5) is 10.5 Å². The molecule has 1 atom stereocenters. The van der Waals surface area contributed by atoms with E-state index in [1.54, 1.807) is 0 Å². The molecule has 0 saturated carbocycles. The molecule has 1 heterocycles. The lowest BCUT2D eigenvalue weighted by Gasteiger charge is -2.17. The third-order valence-electron chi connectivity index (χ3n) is 3.79. The van der Waals surface area contributed by atoms with Gasteiger partial charge in [-0.1, -0.05) is 60.7 Å². The van der Waals surface area contributed by atoms with Gasteiger partial charge in [0, 0.05) is 5.69 Å². The Morgan fingerprint density at radius 1 is 1.17 bits per heavy atom. The SMILES string of the molecule is O=C(NC1CCc2ccccc2NC1=S)OOCc1ccccc1. The summed E-state index contributed by atoms with van der Waals surface area (Å²) in [6, 6.07) is 17.2. The lowest BCUT2D eigenvalue weighted by Crippen LogP contribution is -2.42. The van der Waals surface area contributed by atoms with Gasteiger partial charge in [0.25, 0.3) is 0 Å². The number of anilines is 1. The Kier molecular flexibility index (Phi) is 5.40. The van der Waals surface area contributed by atoms with Gasteiger partial charge in [-0.05, 0) is 30.0 Å². The fraction of sp³-hybridized carbons (Fsp3) is 0.222. The maximum absolute atomic E-state index is 11.9. The van der Waals surface area contributed by atoms with Crippen molar-refractivity contribution >= 4 is 29.0 Å². The number of benzene rings is 2. The number of thiocarbonyl (C=S) groups is 1. The van der Waals surface area contributed by atoms with Crippen molar-refractivity contribution in [1.82, 2.24) is 5.32 Å². The lowest BCUT2D eigenvalue weighted by atomic mass is 10.1. The van der Waals surface area contributed by atoms with E-state index >= 15 is 0 Å². The Labute approximate surface area is 145 Å². The van der Waals surface area contributed by atoms with E-state index in [1.807, 2.05) is 48.5 Å². The average Bonchev–Trinajstić information content (AvgIpc) is 2.75. The first-order valence-corrected chi connectivity index (χ1v) is 8.16. The van der Waals surface area contributed by atoms with E-state index in [4.69, 9.17) is 22.0 Å². The summed E-state index contributed by atoms with van der Waals surface area (Å²) < 4.78 is 0. The maximum atomic E-state index is 11.9. The van der Waals surface area contributed by atoms with Crippen molar-refractivity contribution in [2.75, 3.05) is 5.32 Å². The predicted molar refractivity (Wildman–Crippen MR) is 95.6 cm³/mol. The van der Waals surface area contributed by atoms with Gasteiger partial charge in [-0.15, -0.1) is 0 Å². The molecule has 0 bridgehead atoms. The monoisotopic (exact) mass is 342 g/mol. The zero-order chi connectivity index (χ0) is 16.8. The number of nitrogens with one attached hydrogen (secondary N) is 2. The molecular weight excluding hydrogens is 324 g/mol. The van der Waals surface area contributed by atoms with Crippen molar-refractivity contribution < 1.29 is 14.6 Å². The van der Waals surface area contributed by atoms with Crippen LogP contribution in [0.25, 0.3) is 0 Å². The Balaban J connectivity index is 1.49. The first kappa shape index (κ1) is 16.4. The number of carbonyl (C=O) groups is 1. The molecular formula is C18H18N2O3S. The molecule has 2 aromatic carbocycles. The van der Waals surface area contributed by atoms with Gasteiger partial charge in [-0.2, -0.15) is 4.89 Å². The minimum absolute atomic E-state index is 0.201. The zero-order valence-corrected chi connectivity index (χ0v) is 13.8. The van der Waals surface area contributed by atoms with Crippen LogP contribution < -0.4 is 10.6 Å². The molecule has 0 aliphatic carbocycles. The highest BCUT2D eigenvalue weighted by atomic mass is 32.1. The molecule has 2 aromatic rings. The predicted octanol–water partition coefficient (Wildman–Crippen LogP) is 3.60. The Hall–Kier alpha value is -2.44. The number of hydrogen-bond acceptors (Lipinski definition) is 4. The number of amides is 1. The molecule has 6 heteroatoms. The number of para-hydroxylation sites is 1. The van der Waals surface area contributed by atoms with Crippen molar-refractivity contribution in [3.63, 3.8) is 0 Å². The molecule has 0 fully saturated rings. The van der Waals surface area contributed by atoms with Crippen molar-refractivity contribution in [3.05, 3.63) is 65.7 Å². The topological polar surface area (TPSA) is 59.6 Å². The third-order valence-corrected chi connectivity index (χ3v) is 4.18. The Bertz CT molecular complexity index is 721. The molecule has 124 valence electrons. The molecule has 0 aromatic heterocycles. The van der Waals surface area contributed by atoms with E-state index in [0.717, 1.165) is 17.7 Å². The second-order valence-corrected chi connectivity index (χ2v) is 5.94. The van der Waals surface area contributed by atoms with Crippen LogP contribution in [-0.4, -0.2) is 17.1 Å². The first-order chi connectivity index (χ1) is 11.7. The summed E-state index contributed by atoms with van der Waals surface area (Å²) in [4.78, 5) is 22.2. The van der Waals surface area contributed by atoms with Crippen molar-refractivity contribution in [2.45, 2.75) is 25.5 Å². The molecule has 2 N–H and O–H groups in total. The number of hydrogen-bond donors (Lipinski definition) is 2. The number of rotatable bonds is 4. The van der Waals surface area contributed by atoms with Crippen LogP contribution in [-0.2, 0) is 22.8 Å². The Morgan fingerprint density at radius 3 is 2.75 bits per heavy atom. The van der Waals surface area contributed by atoms with Gasteiger partial charge in [-0.25, -0.2) is 4.79 Å². The summed E-state index contributed by atoms with van der Waals surface area (Å²) >= 11 is 5.38. The fourth-order valence-electron chi connectivity index (χ4n) is 2.54. The number of fused-ring (bicyclic) bond motifs is 1. The van der Waals surface area contributed by atoms with Crippen LogP contribution in [0.15, 0.2) is 54.6 Å². The molecule has 1 aliphatic rings. The van der Waals surface area contributed by atoms with Crippen LogP contribution >= 0.6 is 12.2 Å². The minimum atomic E-state index is -0.647. The number of aryl methyl sites for hydroxylation is 1. The smallest absolute Gasteiger partial charge is 0.348 e. The molecule has 1 amide bonds. The normalized spacial score (nSPS) is 16.5. The molecule has 0 saturated heterocycles. The van der Waals surface area contributed by atoms with E-state index in [0.29, 0.717) is 11.4 Å². The van der Waals surface area contributed by atoms with Gasteiger partial charge in [0.15, 0.2) is 0 Å². The van der Waals surface area contributed by atoms with E-state index < -0.39 is 6.09 Å². The van der Waals surface area contributed by atoms with E-state index in [2.05, 4.69) is 16.7 Å². The Morgan fingerprint density at radius 2 is 1.92 bits per heavy atom. The summed E-state index contributed by atoms with van der Waals surface area (Å²) in [5, 5.41) is 5.92. The molecule has 1 aliphatic heterocycles. The average molecular weight is 342 g/mol. The minimum Gasteiger partial charge on any atom is -0.348 e. The van der Waals surface area contributed by atoms with Crippen LogP contribution in [0.1, 0.15) is 17.5 Å². The van der Waals surface area contributed by atoms with E-state index in [1.165, 1.54) is 5.56 Å². The summed E-state index contributed by atoms with van der Waals surface area (Å²) in [5.41, 5.74) is 3.09. The van der Waals surface area contributed by atoms with E-state index in [9.17, 15) is 4.79 Å². The summed E-state index contributed by atoms with van der Waals surface area (Å²) in [5.74, 6) is 0. The van der Waals surface area contributed by atoms with Gasteiger partial charge < -0.3 is 10.6 Å². The van der Waals surface area contributed by atoms with Crippen molar-refractivity contribution in [1.29, 1.82) is 0 Å². The van der Waals surface area contributed by atoms with Gasteiger partial charge >= 0.3 is 6.09 Å². The standard InChI is InChI=1S/C18H18N2O3S/c21-18(23-22-12-13-6-2-1-3-7-13)20-16-11-10-14-8-4-5-9-15(14)19-17(16)24/h1-9,16H,10-12H2,(H,19,24)(H,20,21). The van der Waals surface area contributed by atoms with Crippen LogP contribution in [0.5, 0.6) is 0 Å². The second-order valence-electron chi connectivity index (χ2n) is 5.50. The molecule has 5 nitrogen and oxygen atoms in total. The summed E-state index contributed by atoms with van der Waals surface area (Å²) in [6.07, 6.45) is 0.876. The van der Waals surface area contributed by atoms with Gasteiger partial charge in [-0.3, -0.25) is 4.89 Å². The molecule has 24 heavy (non-hydrogen) atoms. The van der Waals surface area contributed by atoms with Crippen LogP contribution in [0, 0.1) is 0 Å². The highest BCUT2D eigenvalue weighted by molar-refractivity contribution is 7.80. The van der Waals surface area contributed by atoms with Crippen LogP contribution in [0.2, 0.25) is 0 Å². The molecule has 0 radical (unpaired) electrons. The van der Waals surface area contributed by atoms with Crippen LogP contribution in [0.3, 0.4) is 0 Å². The lowest BCUT2D eigenvalue weighted by molar-refractivity contribution is -0.248. The summed E-state index contributed by atoms with van der Waals surface area (Å²) in [7, 11) is 0. The molecule has 0 spiro atoms. The maximum Gasteiger partial charge on any atom is 0.439 e. The van der Waals surface area contributed by atoms with Crippen molar-refractivity contribution in [2.24, 2.45) is 0 Å². The van der Waals surface area contributed by atoms with Crippen molar-refractivity contribution in [3.8, 4) is 0 Å². The molecule has 1 unspecified atom stereocenters. The van der Waals surface area contributed by atoms with Gasteiger partial charge in [0.2, 0.25) is 0 Å². The largest absolute Gasteiger partial charge is 0.439 e. The zero-order valence-electron chi connectivity index (χ0n) is 13.0.